The van der Waals surface area contributed by atoms with E-state index in [1.165, 1.54) is 12.5 Å². The molecule has 2 rings (SSSR count). The quantitative estimate of drug-likeness (QED) is 0.554. The Morgan fingerprint density at radius 1 is 1.08 bits per heavy atom. The van der Waals surface area contributed by atoms with Crippen molar-refractivity contribution in [3.05, 3.63) is 59.7 Å². The highest BCUT2D eigenvalue weighted by atomic mass is 16.5. The number of carbonyl (C=O) groups excluding carboxylic acids is 2. The van der Waals surface area contributed by atoms with Crippen molar-refractivity contribution in [1.29, 1.82) is 0 Å². The highest BCUT2D eigenvalue weighted by molar-refractivity contribution is 5.97. The van der Waals surface area contributed by atoms with E-state index in [1.807, 2.05) is 12.1 Å². The molecule has 0 bridgehead atoms. The van der Waals surface area contributed by atoms with Gasteiger partial charge in [0.15, 0.2) is 5.78 Å². The first-order chi connectivity index (χ1) is 12.0. The fraction of sp³-hybridized carbons (Fsp3) is 0.333. The number of nitrogens with one attached hydrogen (secondary N) is 1. The van der Waals surface area contributed by atoms with Crippen LogP contribution in [0.3, 0.4) is 0 Å². The van der Waals surface area contributed by atoms with Crippen LogP contribution in [0.1, 0.15) is 55.5 Å². The minimum absolute atomic E-state index is 0.0204. The van der Waals surface area contributed by atoms with E-state index >= 15 is 0 Å². The van der Waals surface area contributed by atoms with Crippen molar-refractivity contribution in [1.82, 2.24) is 0 Å². The molecule has 0 aliphatic rings. The summed E-state index contributed by atoms with van der Waals surface area (Å²) in [5, 5.41) is 2.81. The zero-order valence-corrected chi connectivity index (χ0v) is 15.0. The number of rotatable bonds is 8. The van der Waals surface area contributed by atoms with E-state index in [0.717, 1.165) is 5.75 Å². The molecule has 0 radical (unpaired) electrons. The summed E-state index contributed by atoms with van der Waals surface area (Å²) >= 11 is 0. The molecule has 0 saturated carbocycles. The summed E-state index contributed by atoms with van der Waals surface area (Å²) in [7, 11) is 0. The number of carbonyl (C=O) groups is 2. The standard InChI is InChI=1S/C21H25NO3/c1-15(2)17-9-11-20(12-10-17)25-13-5-8-21(24)22-19-7-4-6-18(14-19)16(3)23/h4,6-7,9-12,14-15H,5,8,13H2,1-3H3,(H,22,24). The number of ketones is 1. The topological polar surface area (TPSA) is 55.4 Å². The zero-order chi connectivity index (χ0) is 18.2. The number of ether oxygens (including phenoxy) is 1. The second kappa shape index (κ2) is 9.02. The summed E-state index contributed by atoms with van der Waals surface area (Å²) in [5.41, 5.74) is 2.51. The van der Waals surface area contributed by atoms with Gasteiger partial charge in [-0.2, -0.15) is 0 Å². The average molecular weight is 339 g/mol. The second-order valence-corrected chi connectivity index (χ2v) is 6.36. The molecule has 4 nitrogen and oxygen atoms in total. The molecule has 1 N–H and O–H groups in total. The molecule has 25 heavy (non-hydrogen) atoms. The van der Waals surface area contributed by atoms with Gasteiger partial charge in [-0.05, 0) is 49.1 Å². The lowest BCUT2D eigenvalue weighted by Crippen LogP contribution is -2.13. The van der Waals surface area contributed by atoms with Gasteiger partial charge in [-0.15, -0.1) is 0 Å². The van der Waals surface area contributed by atoms with Gasteiger partial charge in [-0.1, -0.05) is 38.1 Å². The van der Waals surface area contributed by atoms with Crippen LogP contribution in [0, 0.1) is 0 Å². The van der Waals surface area contributed by atoms with Crippen molar-refractivity contribution < 1.29 is 14.3 Å². The molecule has 0 spiro atoms. The maximum Gasteiger partial charge on any atom is 0.224 e. The van der Waals surface area contributed by atoms with Crippen LogP contribution in [0.2, 0.25) is 0 Å². The molecular formula is C21H25NO3. The van der Waals surface area contributed by atoms with Crippen LogP contribution < -0.4 is 10.1 Å². The van der Waals surface area contributed by atoms with Crippen LogP contribution in [0.4, 0.5) is 5.69 Å². The van der Waals surface area contributed by atoms with Crippen molar-refractivity contribution >= 4 is 17.4 Å². The van der Waals surface area contributed by atoms with Crippen LogP contribution in [0.25, 0.3) is 0 Å². The number of hydrogen-bond acceptors (Lipinski definition) is 3. The minimum atomic E-state index is -0.0838. The maximum atomic E-state index is 12.0. The Balaban J connectivity index is 1.73. The van der Waals surface area contributed by atoms with Crippen LogP contribution in [-0.4, -0.2) is 18.3 Å². The van der Waals surface area contributed by atoms with Gasteiger partial charge in [0.1, 0.15) is 5.75 Å². The molecule has 0 aromatic heterocycles. The van der Waals surface area contributed by atoms with Crippen molar-refractivity contribution in [3.63, 3.8) is 0 Å². The van der Waals surface area contributed by atoms with Gasteiger partial charge < -0.3 is 10.1 Å². The molecule has 0 unspecified atom stereocenters. The molecule has 0 aliphatic heterocycles. The summed E-state index contributed by atoms with van der Waals surface area (Å²) in [5.74, 6) is 1.21. The molecule has 132 valence electrons. The minimum Gasteiger partial charge on any atom is -0.494 e. The summed E-state index contributed by atoms with van der Waals surface area (Å²) in [6, 6.07) is 15.0. The molecule has 0 heterocycles. The van der Waals surface area contributed by atoms with E-state index < -0.39 is 0 Å². The molecule has 2 aromatic rings. The molecule has 1 amide bonds. The van der Waals surface area contributed by atoms with Gasteiger partial charge in [-0.3, -0.25) is 9.59 Å². The Bertz CT molecular complexity index is 720. The molecule has 0 aliphatic carbocycles. The summed E-state index contributed by atoms with van der Waals surface area (Å²) in [4.78, 5) is 23.3. The summed E-state index contributed by atoms with van der Waals surface area (Å²) in [6.45, 7) is 6.30. The third-order valence-electron chi connectivity index (χ3n) is 3.92. The second-order valence-electron chi connectivity index (χ2n) is 6.36. The van der Waals surface area contributed by atoms with Crippen LogP contribution >= 0.6 is 0 Å². The maximum absolute atomic E-state index is 12.0. The van der Waals surface area contributed by atoms with Gasteiger partial charge in [0.05, 0.1) is 6.61 Å². The highest BCUT2D eigenvalue weighted by Gasteiger charge is 2.05. The monoisotopic (exact) mass is 339 g/mol. The van der Waals surface area contributed by atoms with E-state index in [4.69, 9.17) is 4.74 Å². The fourth-order valence-electron chi connectivity index (χ4n) is 2.41. The predicted octanol–water partition coefficient (Wildman–Crippen LogP) is 4.81. The van der Waals surface area contributed by atoms with Crippen molar-refractivity contribution in [2.75, 3.05) is 11.9 Å². The molecule has 0 fully saturated rings. The third-order valence-corrected chi connectivity index (χ3v) is 3.92. The molecule has 4 heteroatoms. The van der Waals surface area contributed by atoms with E-state index in [1.54, 1.807) is 24.3 Å². The first-order valence-corrected chi connectivity index (χ1v) is 8.59. The molecule has 2 aromatic carbocycles. The van der Waals surface area contributed by atoms with Gasteiger partial charge >= 0.3 is 0 Å². The van der Waals surface area contributed by atoms with Crippen LogP contribution in [-0.2, 0) is 4.79 Å². The Kier molecular flexibility index (Phi) is 6.75. The predicted molar refractivity (Wildman–Crippen MR) is 100 cm³/mol. The van der Waals surface area contributed by atoms with E-state index in [-0.39, 0.29) is 11.7 Å². The first-order valence-electron chi connectivity index (χ1n) is 8.59. The molecular weight excluding hydrogens is 314 g/mol. The van der Waals surface area contributed by atoms with Gasteiger partial charge in [-0.25, -0.2) is 0 Å². The Hall–Kier alpha value is -2.62. The van der Waals surface area contributed by atoms with E-state index in [0.29, 0.717) is 36.6 Å². The van der Waals surface area contributed by atoms with E-state index in [2.05, 4.69) is 31.3 Å². The number of Topliss-reactive ketones (excluding diaryl/α,β-unsaturated/α-hetero) is 1. The lowest BCUT2D eigenvalue weighted by molar-refractivity contribution is -0.116. The Morgan fingerprint density at radius 3 is 2.44 bits per heavy atom. The van der Waals surface area contributed by atoms with Crippen molar-refractivity contribution in [2.45, 2.75) is 39.5 Å². The lowest BCUT2D eigenvalue weighted by atomic mass is 10.0. The van der Waals surface area contributed by atoms with Crippen molar-refractivity contribution in [2.24, 2.45) is 0 Å². The largest absolute Gasteiger partial charge is 0.494 e. The normalized spacial score (nSPS) is 10.6. The third kappa shape index (κ3) is 6.07. The Labute approximate surface area is 149 Å². The van der Waals surface area contributed by atoms with Gasteiger partial charge in [0.25, 0.3) is 0 Å². The fourth-order valence-corrected chi connectivity index (χ4v) is 2.41. The van der Waals surface area contributed by atoms with Gasteiger partial charge in [0, 0.05) is 17.7 Å². The molecule has 0 saturated heterocycles. The number of amides is 1. The number of hydrogen-bond donors (Lipinski definition) is 1. The zero-order valence-electron chi connectivity index (χ0n) is 15.0. The molecule has 0 atom stereocenters. The van der Waals surface area contributed by atoms with Gasteiger partial charge in [0.2, 0.25) is 5.91 Å². The lowest BCUT2D eigenvalue weighted by Gasteiger charge is -2.09. The first kappa shape index (κ1) is 18.7. The van der Waals surface area contributed by atoms with Crippen molar-refractivity contribution in [3.8, 4) is 5.75 Å². The van der Waals surface area contributed by atoms with Crippen LogP contribution in [0.5, 0.6) is 5.75 Å². The van der Waals surface area contributed by atoms with Crippen LogP contribution in [0.15, 0.2) is 48.5 Å². The SMILES string of the molecule is CC(=O)c1cccc(NC(=O)CCCOc2ccc(C(C)C)cc2)c1. The Morgan fingerprint density at radius 2 is 1.80 bits per heavy atom. The average Bonchev–Trinajstić information content (AvgIpc) is 2.59. The number of benzene rings is 2. The number of anilines is 1. The summed E-state index contributed by atoms with van der Waals surface area (Å²) < 4.78 is 5.67. The smallest absolute Gasteiger partial charge is 0.224 e. The van der Waals surface area contributed by atoms with E-state index in [9.17, 15) is 9.59 Å². The highest BCUT2D eigenvalue weighted by Crippen LogP contribution is 2.18. The summed E-state index contributed by atoms with van der Waals surface area (Å²) in [6.07, 6.45) is 0.999.